The van der Waals surface area contributed by atoms with Gasteiger partial charge >= 0.3 is 0 Å². The highest BCUT2D eigenvalue weighted by Crippen LogP contribution is 2.15. The molecule has 1 amide bonds. The number of nitrogens with zero attached hydrogens (tertiary/aromatic N) is 2. The first kappa shape index (κ1) is 17.2. The van der Waals surface area contributed by atoms with Crippen molar-refractivity contribution in [1.29, 1.82) is 0 Å². The van der Waals surface area contributed by atoms with E-state index < -0.39 is 0 Å². The Morgan fingerprint density at radius 2 is 2.12 bits per heavy atom. The third kappa shape index (κ3) is 5.16. The molecule has 1 aliphatic heterocycles. The standard InChI is InChI=1S/C20H24N4O/c21-19-9-8-18(14-22-19)20(25)23-13-17-10-12-24(15-17)11-4-7-16-5-2-1-3-6-16/h1-9,14,17H,10-13,15H2,(H2,21,22)(H,23,25)/b7-4+. The van der Waals surface area contributed by atoms with Gasteiger partial charge in [0, 0.05) is 25.8 Å². The van der Waals surface area contributed by atoms with Crippen LogP contribution in [0.3, 0.4) is 0 Å². The first-order chi connectivity index (χ1) is 12.2. The third-order valence-electron chi connectivity index (χ3n) is 4.44. The zero-order chi connectivity index (χ0) is 17.5. The number of amides is 1. The van der Waals surface area contributed by atoms with Crippen LogP contribution in [0, 0.1) is 5.92 Å². The quantitative estimate of drug-likeness (QED) is 0.850. The predicted octanol–water partition coefficient (Wildman–Crippen LogP) is 2.43. The molecule has 1 fully saturated rings. The number of nitrogens with two attached hydrogens (primary N) is 1. The van der Waals surface area contributed by atoms with E-state index in [1.165, 1.54) is 11.8 Å². The minimum atomic E-state index is -0.0880. The third-order valence-corrected chi connectivity index (χ3v) is 4.44. The number of rotatable bonds is 6. The Kier molecular flexibility index (Phi) is 5.80. The molecule has 2 heterocycles. The molecule has 1 aliphatic rings. The normalized spacial score (nSPS) is 17.8. The van der Waals surface area contributed by atoms with Crippen molar-refractivity contribution in [1.82, 2.24) is 15.2 Å². The molecule has 5 nitrogen and oxygen atoms in total. The maximum absolute atomic E-state index is 12.1. The van der Waals surface area contributed by atoms with Gasteiger partial charge in [0.2, 0.25) is 0 Å². The Balaban J connectivity index is 1.40. The predicted molar refractivity (Wildman–Crippen MR) is 101 cm³/mol. The molecule has 3 rings (SSSR count). The number of hydrogen-bond donors (Lipinski definition) is 2. The van der Waals surface area contributed by atoms with Crippen molar-refractivity contribution in [3.8, 4) is 0 Å². The Labute approximate surface area is 148 Å². The van der Waals surface area contributed by atoms with Gasteiger partial charge in [-0.05, 0) is 36.6 Å². The Morgan fingerprint density at radius 3 is 2.88 bits per heavy atom. The summed E-state index contributed by atoms with van der Waals surface area (Å²) in [7, 11) is 0. The van der Waals surface area contributed by atoms with Crippen molar-refractivity contribution in [2.24, 2.45) is 5.92 Å². The molecular weight excluding hydrogens is 312 g/mol. The van der Waals surface area contributed by atoms with E-state index in [1.54, 1.807) is 12.1 Å². The van der Waals surface area contributed by atoms with Crippen molar-refractivity contribution in [2.45, 2.75) is 6.42 Å². The molecule has 1 unspecified atom stereocenters. The van der Waals surface area contributed by atoms with Crippen LogP contribution in [0.25, 0.3) is 6.08 Å². The van der Waals surface area contributed by atoms with Crippen LogP contribution in [0.5, 0.6) is 0 Å². The van der Waals surface area contributed by atoms with Crippen molar-refractivity contribution in [2.75, 3.05) is 31.9 Å². The topological polar surface area (TPSA) is 71.2 Å². The largest absolute Gasteiger partial charge is 0.384 e. The number of hydrogen-bond acceptors (Lipinski definition) is 4. The van der Waals surface area contributed by atoms with Crippen LogP contribution in [-0.2, 0) is 0 Å². The summed E-state index contributed by atoms with van der Waals surface area (Å²) in [6, 6.07) is 13.7. The van der Waals surface area contributed by atoms with Gasteiger partial charge in [-0.2, -0.15) is 0 Å². The fourth-order valence-electron chi connectivity index (χ4n) is 3.03. The van der Waals surface area contributed by atoms with E-state index in [0.29, 0.717) is 23.8 Å². The summed E-state index contributed by atoms with van der Waals surface area (Å²) in [5.74, 6) is 0.831. The van der Waals surface area contributed by atoms with Crippen LogP contribution < -0.4 is 11.1 Å². The van der Waals surface area contributed by atoms with Crippen LogP contribution in [0.4, 0.5) is 5.82 Å². The molecule has 1 aromatic carbocycles. The smallest absolute Gasteiger partial charge is 0.252 e. The second kappa shape index (κ2) is 8.44. The highest BCUT2D eigenvalue weighted by atomic mass is 16.1. The van der Waals surface area contributed by atoms with E-state index in [0.717, 1.165) is 26.1 Å². The summed E-state index contributed by atoms with van der Waals surface area (Å²) in [6.07, 6.45) is 6.99. The Bertz CT molecular complexity index is 712. The van der Waals surface area contributed by atoms with Crippen molar-refractivity contribution >= 4 is 17.8 Å². The van der Waals surface area contributed by atoms with E-state index in [2.05, 4.69) is 39.5 Å². The molecule has 1 saturated heterocycles. The zero-order valence-corrected chi connectivity index (χ0v) is 14.3. The molecule has 0 spiro atoms. The number of aromatic nitrogens is 1. The number of nitrogen functional groups attached to an aromatic ring is 1. The maximum atomic E-state index is 12.1. The average molecular weight is 336 g/mol. The van der Waals surface area contributed by atoms with Gasteiger partial charge in [0.1, 0.15) is 5.82 Å². The molecular formula is C20H24N4O. The number of carbonyl (C=O) groups is 1. The van der Waals surface area contributed by atoms with Crippen LogP contribution in [0.2, 0.25) is 0 Å². The van der Waals surface area contributed by atoms with Crippen molar-refractivity contribution in [3.05, 3.63) is 65.9 Å². The van der Waals surface area contributed by atoms with E-state index in [1.807, 2.05) is 18.2 Å². The Morgan fingerprint density at radius 1 is 1.28 bits per heavy atom. The first-order valence-corrected chi connectivity index (χ1v) is 8.64. The second-order valence-corrected chi connectivity index (χ2v) is 6.41. The lowest BCUT2D eigenvalue weighted by atomic mass is 10.1. The highest BCUT2D eigenvalue weighted by molar-refractivity contribution is 5.94. The molecule has 0 saturated carbocycles. The summed E-state index contributed by atoms with van der Waals surface area (Å²) >= 11 is 0. The zero-order valence-electron chi connectivity index (χ0n) is 14.3. The molecule has 3 N–H and O–H groups in total. The monoisotopic (exact) mass is 336 g/mol. The molecule has 2 aromatic rings. The van der Waals surface area contributed by atoms with Crippen molar-refractivity contribution < 1.29 is 4.79 Å². The Hall–Kier alpha value is -2.66. The number of benzene rings is 1. The molecule has 130 valence electrons. The second-order valence-electron chi connectivity index (χ2n) is 6.41. The molecule has 25 heavy (non-hydrogen) atoms. The summed E-state index contributed by atoms with van der Waals surface area (Å²) in [5.41, 5.74) is 7.31. The number of carbonyl (C=O) groups excluding carboxylic acids is 1. The van der Waals surface area contributed by atoms with Crippen LogP contribution >= 0.6 is 0 Å². The van der Waals surface area contributed by atoms with E-state index >= 15 is 0 Å². The summed E-state index contributed by atoms with van der Waals surface area (Å²) in [5, 5.41) is 3.00. The molecule has 1 aromatic heterocycles. The lowest BCUT2D eigenvalue weighted by Crippen LogP contribution is -2.31. The van der Waals surface area contributed by atoms with Crippen LogP contribution in [0.15, 0.2) is 54.7 Å². The molecule has 0 aliphatic carbocycles. The van der Waals surface area contributed by atoms with Crippen LogP contribution in [-0.4, -0.2) is 42.0 Å². The molecule has 1 atom stereocenters. The van der Waals surface area contributed by atoms with Gasteiger partial charge in [0.05, 0.1) is 5.56 Å². The maximum Gasteiger partial charge on any atom is 0.252 e. The highest BCUT2D eigenvalue weighted by Gasteiger charge is 2.22. The van der Waals surface area contributed by atoms with E-state index in [-0.39, 0.29) is 5.91 Å². The first-order valence-electron chi connectivity index (χ1n) is 8.64. The lowest BCUT2D eigenvalue weighted by molar-refractivity contribution is 0.0947. The van der Waals surface area contributed by atoms with Gasteiger partial charge in [-0.1, -0.05) is 42.5 Å². The van der Waals surface area contributed by atoms with Gasteiger partial charge in [0.25, 0.3) is 5.91 Å². The summed E-state index contributed by atoms with van der Waals surface area (Å²) < 4.78 is 0. The number of likely N-dealkylation sites (tertiary alicyclic amines) is 1. The number of nitrogens with one attached hydrogen (secondary N) is 1. The van der Waals surface area contributed by atoms with Gasteiger partial charge in [-0.3, -0.25) is 9.69 Å². The number of pyridine rings is 1. The van der Waals surface area contributed by atoms with E-state index in [9.17, 15) is 4.79 Å². The summed E-state index contributed by atoms with van der Waals surface area (Å²) in [6.45, 7) is 3.73. The number of anilines is 1. The molecule has 0 radical (unpaired) electrons. The van der Waals surface area contributed by atoms with Gasteiger partial charge in [-0.15, -0.1) is 0 Å². The molecule has 0 bridgehead atoms. The average Bonchev–Trinajstić information content (AvgIpc) is 3.09. The molecule has 5 heteroatoms. The lowest BCUT2D eigenvalue weighted by Gasteiger charge is -2.14. The van der Waals surface area contributed by atoms with Gasteiger partial charge < -0.3 is 11.1 Å². The van der Waals surface area contributed by atoms with Gasteiger partial charge in [0.15, 0.2) is 0 Å². The fraction of sp³-hybridized carbons (Fsp3) is 0.300. The fourth-order valence-corrected chi connectivity index (χ4v) is 3.03. The van der Waals surface area contributed by atoms with Crippen molar-refractivity contribution in [3.63, 3.8) is 0 Å². The van der Waals surface area contributed by atoms with Crippen LogP contribution in [0.1, 0.15) is 22.3 Å². The SMILES string of the molecule is Nc1ccc(C(=O)NCC2CCN(C/C=C/c3ccccc3)C2)cn1. The summed E-state index contributed by atoms with van der Waals surface area (Å²) in [4.78, 5) is 18.5. The van der Waals surface area contributed by atoms with E-state index in [4.69, 9.17) is 5.73 Å². The minimum absolute atomic E-state index is 0.0880. The van der Waals surface area contributed by atoms with Gasteiger partial charge in [-0.25, -0.2) is 4.98 Å². The minimum Gasteiger partial charge on any atom is -0.384 e.